The zero-order chi connectivity index (χ0) is 21.1. The average Bonchev–Trinajstić information content (AvgIpc) is 3.08. The van der Waals surface area contributed by atoms with E-state index in [9.17, 15) is 13.6 Å². The lowest BCUT2D eigenvalue weighted by Crippen LogP contribution is -2.70. The Hall–Kier alpha value is -3.14. The lowest BCUT2D eigenvalue weighted by Gasteiger charge is -2.68. The monoisotopic (exact) mass is 415 g/mol. The third-order valence-electron chi connectivity index (χ3n) is 6.04. The number of carbonyl (C=O) groups is 1. The number of alkyl halides is 2. The maximum atomic E-state index is 12.9. The molecule has 3 aliphatic carbocycles. The molecule has 8 nitrogen and oxygen atoms in total. The van der Waals surface area contributed by atoms with Crippen molar-refractivity contribution in [2.24, 2.45) is 0 Å². The van der Waals surface area contributed by atoms with Crippen LogP contribution in [0.25, 0.3) is 5.78 Å². The smallest absolute Gasteiger partial charge is 0.280 e. The van der Waals surface area contributed by atoms with Crippen LogP contribution in [0.15, 0.2) is 30.6 Å². The van der Waals surface area contributed by atoms with Gasteiger partial charge in [0.05, 0.1) is 18.4 Å². The zero-order valence-electron chi connectivity index (χ0n) is 16.4. The van der Waals surface area contributed by atoms with E-state index in [0.717, 1.165) is 25.0 Å². The number of halogens is 2. The van der Waals surface area contributed by atoms with Gasteiger partial charge in [-0.3, -0.25) is 9.20 Å². The molecule has 0 spiro atoms. The first-order chi connectivity index (χ1) is 14.4. The molecule has 3 aromatic heterocycles. The van der Waals surface area contributed by atoms with E-state index in [4.69, 9.17) is 9.47 Å². The number of methoxy groups -OCH3 is 2. The second-order valence-corrected chi connectivity index (χ2v) is 7.90. The molecule has 156 valence electrons. The molecule has 30 heavy (non-hydrogen) atoms. The standard InChI is InChI=1S/C20H19F2N5O3/c1-29-17-13(24-16(28)12-5-3-4-11(23-12)15(21)22)6-27-7-14(25-18(27)26-17)19-8-20(9-19,10-19)30-2/h3-7,15H,8-10H2,1-2H3,(H,24,28). The van der Waals surface area contributed by atoms with Crippen molar-refractivity contribution in [3.8, 4) is 5.88 Å². The number of pyridine rings is 1. The number of amides is 1. The molecule has 0 aromatic carbocycles. The molecule has 10 heteroatoms. The SMILES string of the molecule is COc1nc2nc(C34CC(OC)(C3)C4)cn2cc1NC(=O)c1cccc(C(F)F)n1. The third-order valence-corrected chi connectivity index (χ3v) is 6.04. The first-order valence-corrected chi connectivity index (χ1v) is 9.43. The number of nitrogens with zero attached hydrogens (tertiary/aromatic N) is 4. The van der Waals surface area contributed by atoms with E-state index in [-0.39, 0.29) is 28.3 Å². The number of ether oxygens (including phenoxy) is 2. The second kappa shape index (κ2) is 6.43. The molecule has 0 saturated heterocycles. The number of hydrogen-bond donors (Lipinski definition) is 1. The summed E-state index contributed by atoms with van der Waals surface area (Å²) in [5.41, 5.74) is 0.662. The van der Waals surface area contributed by atoms with E-state index in [1.54, 1.807) is 17.7 Å². The maximum Gasteiger partial charge on any atom is 0.280 e. The number of anilines is 1. The molecule has 1 N–H and O–H groups in total. The third kappa shape index (κ3) is 2.74. The highest BCUT2D eigenvalue weighted by Gasteiger charge is 2.70. The van der Waals surface area contributed by atoms with Gasteiger partial charge in [-0.2, -0.15) is 4.98 Å². The van der Waals surface area contributed by atoms with Crippen LogP contribution in [0.5, 0.6) is 5.88 Å². The summed E-state index contributed by atoms with van der Waals surface area (Å²) in [7, 11) is 3.16. The molecule has 3 aliphatic rings. The lowest BCUT2D eigenvalue weighted by atomic mass is 9.40. The molecule has 3 heterocycles. The average molecular weight is 415 g/mol. The number of rotatable bonds is 6. The molecule has 3 fully saturated rings. The van der Waals surface area contributed by atoms with Gasteiger partial charge in [0.2, 0.25) is 11.7 Å². The van der Waals surface area contributed by atoms with Gasteiger partial charge < -0.3 is 14.8 Å². The number of fused-ring (bicyclic) bond motifs is 1. The van der Waals surface area contributed by atoms with Crippen LogP contribution in [-0.2, 0) is 10.2 Å². The van der Waals surface area contributed by atoms with Gasteiger partial charge in [-0.25, -0.2) is 18.7 Å². The minimum Gasteiger partial charge on any atom is -0.479 e. The van der Waals surface area contributed by atoms with Gasteiger partial charge in [0.25, 0.3) is 12.3 Å². The number of nitrogens with one attached hydrogen (secondary N) is 1. The Morgan fingerprint density at radius 2 is 1.93 bits per heavy atom. The Bertz CT molecular complexity index is 1140. The summed E-state index contributed by atoms with van der Waals surface area (Å²) >= 11 is 0. The van der Waals surface area contributed by atoms with Crippen molar-refractivity contribution in [3.05, 3.63) is 47.7 Å². The van der Waals surface area contributed by atoms with Crippen molar-refractivity contribution >= 4 is 17.4 Å². The summed E-state index contributed by atoms with van der Waals surface area (Å²) in [6.45, 7) is 0. The van der Waals surface area contributed by atoms with Crippen LogP contribution in [0, 0.1) is 0 Å². The Kier molecular flexibility index (Phi) is 4.04. The summed E-state index contributed by atoms with van der Waals surface area (Å²) < 4.78 is 38.3. The summed E-state index contributed by atoms with van der Waals surface area (Å²) in [4.78, 5) is 25.3. The van der Waals surface area contributed by atoms with E-state index < -0.39 is 18.0 Å². The quantitative estimate of drug-likeness (QED) is 0.665. The fraction of sp³-hybridized carbons (Fsp3) is 0.400. The van der Waals surface area contributed by atoms with Crippen molar-refractivity contribution < 1.29 is 23.0 Å². The molecule has 3 aromatic rings. The summed E-state index contributed by atoms with van der Waals surface area (Å²) in [5.74, 6) is -0.0171. The number of imidazole rings is 1. The van der Waals surface area contributed by atoms with Crippen LogP contribution in [0.2, 0.25) is 0 Å². The minimum absolute atomic E-state index is 0.000181. The first-order valence-electron chi connectivity index (χ1n) is 9.43. The topological polar surface area (TPSA) is 90.6 Å². The fourth-order valence-corrected chi connectivity index (χ4v) is 4.47. The largest absolute Gasteiger partial charge is 0.479 e. The summed E-state index contributed by atoms with van der Waals surface area (Å²) in [5, 5.41) is 2.63. The van der Waals surface area contributed by atoms with Gasteiger partial charge in [0.1, 0.15) is 17.1 Å². The highest BCUT2D eigenvalue weighted by Crippen LogP contribution is 2.69. The van der Waals surface area contributed by atoms with Crippen molar-refractivity contribution in [1.29, 1.82) is 0 Å². The van der Waals surface area contributed by atoms with E-state index >= 15 is 0 Å². The Labute approximate surface area is 170 Å². The van der Waals surface area contributed by atoms with Gasteiger partial charge >= 0.3 is 0 Å². The van der Waals surface area contributed by atoms with Crippen LogP contribution >= 0.6 is 0 Å². The lowest BCUT2D eigenvalue weighted by molar-refractivity contribution is -0.233. The van der Waals surface area contributed by atoms with Gasteiger partial charge in [-0.05, 0) is 31.4 Å². The molecule has 0 atom stereocenters. The molecular formula is C20H19F2N5O3. The fourth-order valence-electron chi connectivity index (χ4n) is 4.47. The maximum absolute atomic E-state index is 12.9. The van der Waals surface area contributed by atoms with Crippen LogP contribution in [0.3, 0.4) is 0 Å². The van der Waals surface area contributed by atoms with Crippen LogP contribution in [0.4, 0.5) is 14.5 Å². The van der Waals surface area contributed by atoms with E-state index in [2.05, 4.69) is 20.3 Å². The van der Waals surface area contributed by atoms with Crippen LogP contribution in [-0.4, -0.2) is 45.1 Å². The predicted octanol–water partition coefficient (Wildman–Crippen LogP) is 3.14. The van der Waals surface area contributed by atoms with Crippen molar-refractivity contribution in [1.82, 2.24) is 19.4 Å². The van der Waals surface area contributed by atoms with Gasteiger partial charge in [-0.15, -0.1) is 0 Å². The molecule has 6 rings (SSSR count). The van der Waals surface area contributed by atoms with E-state index in [1.165, 1.54) is 25.3 Å². The Balaban J connectivity index is 1.43. The van der Waals surface area contributed by atoms with Gasteiger partial charge in [-0.1, -0.05) is 6.07 Å². The van der Waals surface area contributed by atoms with Crippen molar-refractivity contribution in [2.45, 2.75) is 36.7 Å². The minimum atomic E-state index is -2.76. The Morgan fingerprint density at radius 3 is 2.60 bits per heavy atom. The molecule has 2 bridgehead atoms. The van der Waals surface area contributed by atoms with E-state index in [1.807, 2.05) is 6.20 Å². The zero-order valence-corrected chi connectivity index (χ0v) is 16.4. The molecule has 0 unspecified atom stereocenters. The molecule has 0 radical (unpaired) electrons. The van der Waals surface area contributed by atoms with Crippen LogP contribution < -0.4 is 10.1 Å². The number of aromatic nitrogens is 4. The first kappa shape index (κ1) is 18.9. The normalized spacial score (nSPS) is 24.4. The molecule has 1 amide bonds. The van der Waals surface area contributed by atoms with E-state index in [0.29, 0.717) is 5.78 Å². The second-order valence-electron chi connectivity index (χ2n) is 7.90. The Morgan fingerprint density at radius 1 is 1.17 bits per heavy atom. The molecular weight excluding hydrogens is 396 g/mol. The van der Waals surface area contributed by atoms with Gasteiger partial charge in [0, 0.05) is 24.9 Å². The number of hydrogen-bond acceptors (Lipinski definition) is 6. The molecule has 0 aliphatic heterocycles. The number of carbonyl (C=O) groups excluding carboxylic acids is 1. The van der Waals surface area contributed by atoms with Crippen molar-refractivity contribution in [3.63, 3.8) is 0 Å². The van der Waals surface area contributed by atoms with Crippen molar-refractivity contribution in [2.75, 3.05) is 19.5 Å². The summed E-state index contributed by atoms with van der Waals surface area (Å²) in [6, 6.07) is 3.89. The molecule has 3 saturated carbocycles. The van der Waals surface area contributed by atoms with Crippen LogP contribution in [0.1, 0.15) is 47.6 Å². The van der Waals surface area contributed by atoms with Gasteiger partial charge in [0.15, 0.2) is 0 Å². The highest BCUT2D eigenvalue weighted by atomic mass is 19.3. The summed E-state index contributed by atoms with van der Waals surface area (Å²) in [6.07, 6.45) is 3.59. The highest BCUT2D eigenvalue weighted by molar-refractivity contribution is 6.03. The predicted molar refractivity (Wildman–Crippen MR) is 102 cm³/mol.